The minimum Gasteiger partial charge on any atom is -0.348 e. The van der Waals surface area contributed by atoms with Gasteiger partial charge in [0.2, 0.25) is 0 Å². The van der Waals surface area contributed by atoms with Crippen LogP contribution in [0.25, 0.3) is 0 Å². The first-order valence-electron chi connectivity index (χ1n) is 12.6. The normalized spacial score (nSPS) is 18.3. The fourth-order valence-corrected chi connectivity index (χ4v) is 5.59. The number of piperidine rings is 1. The molecular weight excluding hydrogens is 458 g/mol. The number of hydrogen-bond acceptors (Lipinski definition) is 5. The lowest BCUT2D eigenvalue weighted by molar-refractivity contribution is 0.0861. The van der Waals surface area contributed by atoms with Crippen LogP contribution >= 0.6 is 11.6 Å². The second-order valence-corrected chi connectivity index (χ2v) is 9.87. The molecule has 1 aromatic carbocycles. The van der Waals surface area contributed by atoms with Gasteiger partial charge in [0, 0.05) is 37.1 Å². The number of aryl methyl sites for hydroxylation is 1. The van der Waals surface area contributed by atoms with Crippen LogP contribution in [0.3, 0.4) is 0 Å². The highest BCUT2D eigenvalue weighted by Crippen LogP contribution is 2.36. The molecule has 1 aliphatic carbocycles. The maximum absolute atomic E-state index is 12.5. The zero-order chi connectivity index (χ0) is 24.0. The lowest BCUT2D eigenvalue weighted by atomic mass is 9.88. The number of hydrogen-bond donors (Lipinski definition) is 2. The van der Waals surface area contributed by atoms with Crippen LogP contribution in [-0.2, 0) is 19.5 Å². The molecule has 1 unspecified atom stereocenters. The zero-order valence-corrected chi connectivity index (χ0v) is 20.7. The molecule has 7 heteroatoms. The smallest absolute Gasteiger partial charge is 0.251 e. The van der Waals surface area contributed by atoms with Gasteiger partial charge in [0.25, 0.3) is 5.91 Å². The molecule has 2 N–H and O–H groups in total. The first kappa shape index (κ1) is 23.9. The SMILES string of the molecule is O=C(NCc1cccc(CN(C2CCNCC2)C2CCCc3cccnc32)c1)c1ccnc(Cl)c1. The summed E-state index contributed by atoms with van der Waals surface area (Å²) in [6.07, 6.45) is 9.28. The highest BCUT2D eigenvalue weighted by atomic mass is 35.5. The average Bonchev–Trinajstić information content (AvgIpc) is 2.91. The molecule has 1 fully saturated rings. The predicted molar refractivity (Wildman–Crippen MR) is 138 cm³/mol. The highest BCUT2D eigenvalue weighted by molar-refractivity contribution is 6.29. The van der Waals surface area contributed by atoms with E-state index in [1.165, 1.54) is 23.2 Å². The molecule has 1 saturated heterocycles. The number of carbonyl (C=O) groups excluding carboxylic acids is 1. The molecule has 2 aromatic heterocycles. The van der Waals surface area contributed by atoms with Gasteiger partial charge < -0.3 is 10.6 Å². The van der Waals surface area contributed by atoms with Crippen molar-refractivity contribution < 1.29 is 4.79 Å². The van der Waals surface area contributed by atoms with Crippen LogP contribution in [-0.4, -0.2) is 39.9 Å². The maximum atomic E-state index is 12.5. The number of rotatable bonds is 7. The summed E-state index contributed by atoms with van der Waals surface area (Å²) in [5.41, 5.74) is 5.53. The van der Waals surface area contributed by atoms with Crippen LogP contribution in [0.5, 0.6) is 0 Å². The number of nitrogens with one attached hydrogen (secondary N) is 2. The Hall–Kier alpha value is -2.80. The van der Waals surface area contributed by atoms with E-state index in [-0.39, 0.29) is 5.91 Å². The van der Waals surface area contributed by atoms with Crippen LogP contribution in [0.2, 0.25) is 5.15 Å². The third-order valence-electron chi connectivity index (χ3n) is 7.14. The van der Waals surface area contributed by atoms with E-state index in [1.807, 2.05) is 6.20 Å². The zero-order valence-electron chi connectivity index (χ0n) is 19.9. The summed E-state index contributed by atoms with van der Waals surface area (Å²) >= 11 is 5.93. The Labute approximate surface area is 212 Å². The molecule has 3 aromatic rings. The number of carbonyl (C=O) groups is 1. The first-order chi connectivity index (χ1) is 17.2. The Balaban J connectivity index is 1.33. The molecule has 5 rings (SSSR count). The lowest BCUT2D eigenvalue weighted by Gasteiger charge is -2.42. The van der Waals surface area contributed by atoms with Gasteiger partial charge >= 0.3 is 0 Å². The first-order valence-corrected chi connectivity index (χ1v) is 12.9. The molecule has 0 radical (unpaired) electrons. The van der Waals surface area contributed by atoms with E-state index in [2.05, 4.69) is 56.9 Å². The quantitative estimate of drug-likeness (QED) is 0.471. The van der Waals surface area contributed by atoms with E-state index in [1.54, 1.807) is 18.3 Å². The fourth-order valence-electron chi connectivity index (χ4n) is 5.42. The average molecular weight is 490 g/mol. The summed E-state index contributed by atoms with van der Waals surface area (Å²) in [6, 6.07) is 17.0. The van der Waals surface area contributed by atoms with E-state index in [9.17, 15) is 4.79 Å². The highest BCUT2D eigenvalue weighted by Gasteiger charge is 2.32. The van der Waals surface area contributed by atoms with Gasteiger partial charge in [0.05, 0.1) is 11.7 Å². The van der Waals surface area contributed by atoms with E-state index in [0.717, 1.165) is 50.9 Å². The van der Waals surface area contributed by atoms with Crippen LogP contribution in [0.4, 0.5) is 0 Å². The van der Waals surface area contributed by atoms with Gasteiger partial charge in [-0.25, -0.2) is 4.98 Å². The van der Waals surface area contributed by atoms with Crippen molar-refractivity contribution in [3.63, 3.8) is 0 Å². The molecule has 6 nitrogen and oxygen atoms in total. The van der Waals surface area contributed by atoms with Crippen molar-refractivity contribution in [3.8, 4) is 0 Å². The van der Waals surface area contributed by atoms with E-state index >= 15 is 0 Å². The second-order valence-electron chi connectivity index (χ2n) is 9.48. The van der Waals surface area contributed by atoms with Crippen LogP contribution in [0, 0.1) is 0 Å². The van der Waals surface area contributed by atoms with E-state index in [4.69, 9.17) is 16.6 Å². The second kappa shape index (κ2) is 11.3. The van der Waals surface area contributed by atoms with Crippen LogP contribution < -0.4 is 10.6 Å². The maximum Gasteiger partial charge on any atom is 0.251 e. The van der Waals surface area contributed by atoms with Crippen molar-refractivity contribution >= 4 is 17.5 Å². The van der Waals surface area contributed by atoms with Gasteiger partial charge in [0.1, 0.15) is 5.15 Å². The van der Waals surface area contributed by atoms with Gasteiger partial charge in [-0.1, -0.05) is 41.9 Å². The Kier molecular flexibility index (Phi) is 7.72. The summed E-state index contributed by atoms with van der Waals surface area (Å²) in [4.78, 5) is 24.0. The third kappa shape index (κ3) is 5.89. The predicted octanol–water partition coefficient (Wildman–Crippen LogP) is 4.69. The van der Waals surface area contributed by atoms with Gasteiger partial charge in [0.15, 0.2) is 0 Å². The summed E-state index contributed by atoms with van der Waals surface area (Å²) in [5.74, 6) is -0.152. The van der Waals surface area contributed by atoms with Crippen molar-refractivity contribution in [2.24, 2.45) is 0 Å². The topological polar surface area (TPSA) is 70.2 Å². The summed E-state index contributed by atoms with van der Waals surface area (Å²) < 4.78 is 0. The Morgan fingerprint density at radius 3 is 2.74 bits per heavy atom. The molecule has 2 aliphatic rings. The number of nitrogens with zero attached hydrogens (tertiary/aromatic N) is 3. The molecule has 1 atom stereocenters. The van der Waals surface area contributed by atoms with Crippen LogP contribution in [0.15, 0.2) is 60.9 Å². The number of fused-ring (bicyclic) bond motifs is 1. The van der Waals surface area contributed by atoms with Gasteiger partial charge in [-0.3, -0.25) is 14.7 Å². The Morgan fingerprint density at radius 1 is 1.03 bits per heavy atom. The standard InChI is InChI=1S/C28H32ClN5O/c29-26-17-23(9-15-31-26)28(35)33-18-20-4-1-5-21(16-20)19-34(24-10-13-30-14-11-24)25-8-2-6-22-7-3-12-32-27(22)25/h1,3-5,7,9,12,15-17,24-25,30H,2,6,8,10-11,13-14,18-19H2,(H,33,35). The van der Waals surface area contributed by atoms with Crippen molar-refractivity contribution in [2.45, 2.75) is 57.3 Å². The molecule has 182 valence electrons. The van der Waals surface area contributed by atoms with E-state index in [0.29, 0.717) is 29.3 Å². The molecule has 1 aliphatic heterocycles. The minimum absolute atomic E-state index is 0.152. The number of benzene rings is 1. The number of halogens is 1. The molecule has 1 amide bonds. The van der Waals surface area contributed by atoms with Crippen LogP contribution in [0.1, 0.15) is 64.5 Å². The van der Waals surface area contributed by atoms with Crippen molar-refractivity contribution in [1.82, 2.24) is 25.5 Å². The number of amides is 1. The Morgan fingerprint density at radius 2 is 1.89 bits per heavy atom. The molecular formula is C28H32ClN5O. The molecule has 0 spiro atoms. The monoisotopic (exact) mass is 489 g/mol. The van der Waals surface area contributed by atoms with Gasteiger partial charge in [-0.2, -0.15) is 0 Å². The molecule has 3 heterocycles. The third-order valence-corrected chi connectivity index (χ3v) is 7.35. The molecule has 35 heavy (non-hydrogen) atoms. The summed E-state index contributed by atoms with van der Waals surface area (Å²) in [7, 11) is 0. The van der Waals surface area contributed by atoms with Crippen molar-refractivity contribution in [2.75, 3.05) is 13.1 Å². The minimum atomic E-state index is -0.152. The fraction of sp³-hybridized carbons (Fsp3) is 0.393. The number of aromatic nitrogens is 2. The largest absolute Gasteiger partial charge is 0.348 e. The van der Waals surface area contributed by atoms with Gasteiger partial charge in [-0.05, 0) is 80.1 Å². The summed E-state index contributed by atoms with van der Waals surface area (Å²) in [6.45, 7) is 3.48. The molecule has 0 saturated carbocycles. The lowest BCUT2D eigenvalue weighted by Crippen LogP contribution is -2.45. The van der Waals surface area contributed by atoms with E-state index < -0.39 is 0 Å². The van der Waals surface area contributed by atoms with Gasteiger partial charge in [-0.15, -0.1) is 0 Å². The Bertz CT molecular complexity index is 1160. The van der Waals surface area contributed by atoms with Crippen molar-refractivity contribution in [3.05, 3.63) is 94.0 Å². The molecule has 0 bridgehead atoms. The van der Waals surface area contributed by atoms with Crippen molar-refractivity contribution in [1.29, 1.82) is 0 Å². The number of pyridine rings is 2. The summed E-state index contributed by atoms with van der Waals surface area (Å²) in [5, 5.41) is 6.84.